The molecular formula is C24H8Cl4N4O12. The lowest BCUT2D eigenvalue weighted by atomic mass is 10.2. The zero-order chi connectivity index (χ0) is 32.0. The summed E-state index contributed by atoms with van der Waals surface area (Å²) < 4.78 is 22.6. The standard InChI is InChI=1S/C24H8Cl4N4O12/c25-9-1-10(26)18-5-17(9)41-21-7-23(15(31(37)38)3-13(21)29(33)34)43-19-6-20(12(28)2-11(19)27)44-24-8-22(42-18)14(30(35)36)4-16(24)32(39)40/h1-8H. The van der Waals surface area contributed by atoms with Gasteiger partial charge in [-0.25, -0.2) is 0 Å². The van der Waals surface area contributed by atoms with Crippen LogP contribution in [0.4, 0.5) is 22.7 Å². The maximum absolute atomic E-state index is 11.8. The fraction of sp³-hybridized carbons (Fsp3) is 0. The van der Waals surface area contributed by atoms with E-state index in [-0.39, 0.29) is 43.1 Å². The number of hydrogen-bond donors (Lipinski definition) is 0. The van der Waals surface area contributed by atoms with Gasteiger partial charge in [-0.1, -0.05) is 46.4 Å². The van der Waals surface area contributed by atoms with Crippen LogP contribution in [0.3, 0.4) is 0 Å². The fourth-order valence-electron chi connectivity index (χ4n) is 3.78. The average Bonchev–Trinajstić information content (AvgIpc) is 2.92. The first-order valence-electron chi connectivity index (χ1n) is 11.4. The van der Waals surface area contributed by atoms with E-state index in [9.17, 15) is 40.5 Å². The highest BCUT2D eigenvalue weighted by molar-refractivity contribution is 6.37. The first kappa shape index (κ1) is 30.3. The number of fused-ring (bicyclic) bond motifs is 8. The van der Waals surface area contributed by atoms with Crippen LogP contribution in [0.15, 0.2) is 48.5 Å². The van der Waals surface area contributed by atoms with Crippen molar-refractivity contribution >= 4 is 69.2 Å². The van der Waals surface area contributed by atoms with E-state index in [0.29, 0.717) is 12.1 Å². The molecule has 4 aromatic carbocycles. The number of nitro groups is 4. The summed E-state index contributed by atoms with van der Waals surface area (Å²) in [6.07, 6.45) is 0. The second-order valence-corrected chi connectivity index (χ2v) is 10.1. The maximum atomic E-state index is 11.8. The van der Waals surface area contributed by atoms with E-state index in [1.54, 1.807) is 0 Å². The molecule has 0 aromatic heterocycles. The van der Waals surface area contributed by atoms with Crippen molar-refractivity contribution in [3.05, 3.63) is 109 Å². The van der Waals surface area contributed by atoms with Crippen molar-refractivity contribution in [2.75, 3.05) is 0 Å². The minimum Gasteiger partial charge on any atom is -0.448 e. The summed E-state index contributed by atoms with van der Waals surface area (Å²) >= 11 is 24.9. The van der Waals surface area contributed by atoms with Crippen molar-refractivity contribution in [1.29, 1.82) is 0 Å². The van der Waals surface area contributed by atoms with Gasteiger partial charge >= 0.3 is 22.7 Å². The molecule has 4 aromatic rings. The molecule has 0 amide bonds. The van der Waals surface area contributed by atoms with Crippen molar-refractivity contribution < 1.29 is 38.6 Å². The molecule has 0 unspecified atom stereocenters. The fourth-order valence-corrected chi connectivity index (χ4v) is 4.70. The maximum Gasteiger partial charge on any atom is 0.318 e. The summed E-state index contributed by atoms with van der Waals surface area (Å²) in [4.78, 5) is 43.5. The number of rotatable bonds is 4. The van der Waals surface area contributed by atoms with Crippen LogP contribution in [0.5, 0.6) is 46.0 Å². The summed E-state index contributed by atoms with van der Waals surface area (Å²) in [6.45, 7) is 0. The third-order valence-electron chi connectivity index (χ3n) is 5.72. The molecule has 0 aliphatic carbocycles. The molecule has 20 heteroatoms. The van der Waals surface area contributed by atoms with Crippen LogP contribution in [0.2, 0.25) is 20.1 Å². The summed E-state index contributed by atoms with van der Waals surface area (Å²) in [5, 5.41) is 46.4. The highest BCUT2D eigenvalue weighted by Crippen LogP contribution is 2.50. The Labute approximate surface area is 262 Å². The van der Waals surface area contributed by atoms with Gasteiger partial charge in [0.15, 0.2) is 0 Å². The Hall–Kier alpha value is -5.16. The van der Waals surface area contributed by atoms with Gasteiger partial charge in [-0.15, -0.1) is 0 Å². The molecule has 1 aliphatic heterocycles. The molecule has 44 heavy (non-hydrogen) atoms. The van der Waals surface area contributed by atoms with E-state index >= 15 is 0 Å². The number of ether oxygens (including phenoxy) is 4. The molecule has 8 bridgehead atoms. The van der Waals surface area contributed by atoms with E-state index in [0.717, 1.165) is 36.4 Å². The molecule has 0 spiro atoms. The topological polar surface area (TPSA) is 209 Å². The molecule has 5 rings (SSSR count). The third-order valence-corrected chi connectivity index (χ3v) is 6.90. The Balaban J connectivity index is 1.85. The van der Waals surface area contributed by atoms with Crippen LogP contribution >= 0.6 is 46.4 Å². The van der Waals surface area contributed by atoms with Gasteiger partial charge in [0.05, 0.1) is 39.8 Å². The number of hydrogen-bond acceptors (Lipinski definition) is 12. The minimum atomic E-state index is -0.964. The highest BCUT2D eigenvalue weighted by Gasteiger charge is 2.32. The molecule has 0 N–H and O–H groups in total. The normalized spacial score (nSPS) is 11.7. The van der Waals surface area contributed by atoms with Gasteiger partial charge in [0.25, 0.3) is 0 Å². The van der Waals surface area contributed by atoms with Gasteiger partial charge in [0.1, 0.15) is 35.1 Å². The van der Waals surface area contributed by atoms with Crippen LogP contribution in [-0.4, -0.2) is 19.7 Å². The predicted octanol–water partition coefficient (Wildman–Crippen LogP) is 9.42. The first-order chi connectivity index (χ1) is 20.7. The van der Waals surface area contributed by atoms with Crippen molar-refractivity contribution in [2.24, 2.45) is 0 Å². The van der Waals surface area contributed by atoms with Crippen molar-refractivity contribution in [1.82, 2.24) is 0 Å². The van der Waals surface area contributed by atoms with Crippen molar-refractivity contribution in [3.8, 4) is 46.0 Å². The Bertz CT molecular complexity index is 1700. The Morgan fingerprint density at radius 3 is 0.773 bits per heavy atom. The monoisotopic (exact) mass is 684 g/mol. The summed E-state index contributed by atoms with van der Waals surface area (Å²) in [5.74, 6) is -3.79. The van der Waals surface area contributed by atoms with Crippen molar-refractivity contribution in [2.45, 2.75) is 0 Å². The Morgan fingerprint density at radius 2 is 0.568 bits per heavy atom. The lowest BCUT2D eigenvalue weighted by molar-refractivity contribution is -0.395. The van der Waals surface area contributed by atoms with Gasteiger partial charge in [0, 0.05) is 24.3 Å². The molecule has 0 saturated carbocycles. The minimum absolute atomic E-state index is 0.230. The van der Waals surface area contributed by atoms with E-state index < -0.39 is 65.4 Å². The van der Waals surface area contributed by atoms with Gasteiger partial charge < -0.3 is 18.9 Å². The smallest absolute Gasteiger partial charge is 0.318 e. The zero-order valence-electron chi connectivity index (χ0n) is 20.8. The number of benzene rings is 4. The second kappa shape index (κ2) is 11.5. The van der Waals surface area contributed by atoms with E-state index in [2.05, 4.69) is 0 Å². The number of halogens is 4. The Morgan fingerprint density at radius 1 is 0.364 bits per heavy atom. The molecular weight excluding hydrogens is 678 g/mol. The number of nitrogens with zero attached hydrogens (tertiary/aromatic N) is 4. The van der Waals surface area contributed by atoms with Gasteiger partial charge in [-0.2, -0.15) is 0 Å². The van der Waals surface area contributed by atoms with E-state index in [1.165, 1.54) is 0 Å². The molecule has 0 atom stereocenters. The van der Waals surface area contributed by atoms with Crippen LogP contribution in [0.25, 0.3) is 0 Å². The van der Waals surface area contributed by atoms with Crippen LogP contribution in [0.1, 0.15) is 0 Å². The second-order valence-electron chi connectivity index (χ2n) is 8.44. The summed E-state index contributed by atoms with van der Waals surface area (Å²) in [5.41, 5.74) is -3.50. The molecule has 0 radical (unpaired) electrons. The lowest BCUT2D eigenvalue weighted by Crippen LogP contribution is -2.01. The first-order valence-corrected chi connectivity index (χ1v) is 12.9. The summed E-state index contributed by atoms with van der Waals surface area (Å²) in [7, 11) is 0. The molecule has 16 nitrogen and oxygen atoms in total. The SMILES string of the molecule is O=[N+]([O-])c1cc([N+](=O)[O-])c2cc1Oc1cc(c(Cl)cc1Cl)Oc1cc(c([N+](=O)[O-])cc1[N+](=O)[O-])Oc1cc(c(Cl)cc1Cl)O2. The third kappa shape index (κ3) is 5.73. The molecule has 224 valence electrons. The number of nitro benzene ring substituents is 4. The quantitative estimate of drug-likeness (QED) is 0.128. The lowest BCUT2D eigenvalue weighted by Gasteiger charge is -2.16. The molecule has 0 saturated heterocycles. The predicted molar refractivity (Wildman–Crippen MR) is 153 cm³/mol. The van der Waals surface area contributed by atoms with Crippen LogP contribution in [0, 0.1) is 40.5 Å². The Kier molecular flexibility index (Phi) is 7.92. The van der Waals surface area contributed by atoms with Gasteiger partial charge in [-0.05, 0) is 12.1 Å². The highest BCUT2D eigenvalue weighted by atomic mass is 35.5. The average molecular weight is 686 g/mol. The molecule has 1 heterocycles. The van der Waals surface area contributed by atoms with Gasteiger partial charge in [0.2, 0.25) is 23.0 Å². The van der Waals surface area contributed by atoms with E-state index in [1.807, 2.05) is 0 Å². The molecule has 1 aliphatic rings. The van der Waals surface area contributed by atoms with Crippen molar-refractivity contribution in [3.63, 3.8) is 0 Å². The van der Waals surface area contributed by atoms with Gasteiger partial charge in [-0.3, -0.25) is 40.5 Å². The van der Waals surface area contributed by atoms with E-state index in [4.69, 9.17) is 65.4 Å². The van der Waals surface area contributed by atoms with Crippen LogP contribution < -0.4 is 18.9 Å². The van der Waals surface area contributed by atoms with Crippen LogP contribution in [-0.2, 0) is 0 Å². The zero-order valence-corrected chi connectivity index (χ0v) is 23.8. The molecule has 0 fully saturated rings. The largest absolute Gasteiger partial charge is 0.448 e. The summed E-state index contributed by atoms with van der Waals surface area (Å²) in [6, 6.07) is 6.92.